The summed E-state index contributed by atoms with van der Waals surface area (Å²) >= 11 is 0. The normalized spacial score (nSPS) is 15.6. The lowest BCUT2D eigenvalue weighted by molar-refractivity contribution is 0.0210. The van der Waals surface area contributed by atoms with E-state index in [4.69, 9.17) is 14.2 Å². The van der Waals surface area contributed by atoms with E-state index in [1.54, 1.807) is 19.1 Å². The molecule has 1 aliphatic rings. The SMILES string of the molecule is COc1ccc(Nc2ccc3c4c(n(C)c3c2)CCC(N(C)C(=O)OC(C)(C)C)C4)cc1OC. The number of aryl methyl sites for hydroxylation is 1. The van der Waals surface area contributed by atoms with Crippen molar-refractivity contribution in [2.45, 2.75) is 51.7 Å². The summed E-state index contributed by atoms with van der Waals surface area (Å²) < 4.78 is 18.6. The highest BCUT2D eigenvalue weighted by Gasteiger charge is 2.31. The molecule has 182 valence electrons. The maximum atomic E-state index is 12.6. The molecule has 0 radical (unpaired) electrons. The van der Waals surface area contributed by atoms with Gasteiger partial charge in [-0.25, -0.2) is 4.79 Å². The zero-order chi connectivity index (χ0) is 24.6. The first-order valence-electron chi connectivity index (χ1n) is 11.7. The largest absolute Gasteiger partial charge is 0.493 e. The fraction of sp³-hybridized carbons (Fsp3) is 0.444. The lowest BCUT2D eigenvalue weighted by Gasteiger charge is -2.33. The van der Waals surface area contributed by atoms with Crippen LogP contribution in [0, 0.1) is 0 Å². The van der Waals surface area contributed by atoms with Gasteiger partial charge in [0.2, 0.25) is 0 Å². The number of nitrogens with one attached hydrogen (secondary N) is 1. The molecule has 0 bridgehead atoms. The number of rotatable bonds is 5. The van der Waals surface area contributed by atoms with Crippen LogP contribution >= 0.6 is 0 Å². The van der Waals surface area contributed by atoms with Crippen molar-refractivity contribution in [2.75, 3.05) is 26.6 Å². The van der Waals surface area contributed by atoms with Crippen molar-refractivity contribution in [3.8, 4) is 11.5 Å². The van der Waals surface area contributed by atoms with Gasteiger partial charge in [-0.15, -0.1) is 0 Å². The van der Waals surface area contributed by atoms with E-state index in [2.05, 4.69) is 35.1 Å². The number of aromatic nitrogens is 1. The van der Waals surface area contributed by atoms with Gasteiger partial charge in [-0.05, 0) is 69.9 Å². The minimum atomic E-state index is -0.498. The Kier molecular flexibility index (Phi) is 6.39. The number of ether oxygens (including phenoxy) is 3. The lowest BCUT2D eigenvalue weighted by Crippen LogP contribution is -2.43. The zero-order valence-corrected chi connectivity index (χ0v) is 21.2. The van der Waals surface area contributed by atoms with Gasteiger partial charge in [0.1, 0.15) is 5.60 Å². The van der Waals surface area contributed by atoms with Crippen LogP contribution < -0.4 is 14.8 Å². The molecule has 4 rings (SSSR count). The third kappa shape index (κ3) is 4.65. The molecule has 0 saturated carbocycles. The van der Waals surface area contributed by atoms with Gasteiger partial charge < -0.3 is 29.0 Å². The van der Waals surface area contributed by atoms with Gasteiger partial charge in [0, 0.05) is 48.7 Å². The van der Waals surface area contributed by atoms with Crippen molar-refractivity contribution in [1.82, 2.24) is 9.47 Å². The van der Waals surface area contributed by atoms with E-state index in [-0.39, 0.29) is 12.1 Å². The van der Waals surface area contributed by atoms with Crippen molar-refractivity contribution in [3.05, 3.63) is 47.7 Å². The predicted molar refractivity (Wildman–Crippen MR) is 136 cm³/mol. The van der Waals surface area contributed by atoms with Crippen molar-refractivity contribution in [2.24, 2.45) is 7.05 Å². The smallest absolute Gasteiger partial charge is 0.410 e. The molecular weight excluding hydrogens is 430 g/mol. The van der Waals surface area contributed by atoms with E-state index in [0.29, 0.717) is 11.5 Å². The molecule has 1 atom stereocenters. The highest BCUT2D eigenvalue weighted by atomic mass is 16.6. The van der Waals surface area contributed by atoms with Crippen LogP contribution in [0.25, 0.3) is 10.9 Å². The average molecular weight is 466 g/mol. The van der Waals surface area contributed by atoms with Crippen LogP contribution in [0.5, 0.6) is 11.5 Å². The number of carbonyl (C=O) groups is 1. The van der Waals surface area contributed by atoms with Gasteiger partial charge in [0.05, 0.1) is 19.7 Å². The highest BCUT2D eigenvalue weighted by Crippen LogP contribution is 2.36. The van der Waals surface area contributed by atoms with E-state index in [1.165, 1.54) is 22.2 Å². The third-order valence-electron chi connectivity index (χ3n) is 6.49. The summed E-state index contributed by atoms with van der Waals surface area (Å²) in [5.74, 6) is 1.38. The molecule has 0 fully saturated rings. The summed E-state index contributed by atoms with van der Waals surface area (Å²) in [4.78, 5) is 14.4. The molecule has 7 nitrogen and oxygen atoms in total. The fourth-order valence-corrected chi connectivity index (χ4v) is 4.73. The second-order valence-electron chi connectivity index (χ2n) is 9.90. The molecular formula is C27H35N3O4. The molecule has 34 heavy (non-hydrogen) atoms. The number of nitrogens with zero attached hydrogens (tertiary/aromatic N) is 2. The molecule has 1 aliphatic carbocycles. The van der Waals surface area contributed by atoms with Crippen LogP contribution in [0.2, 0.25) is 0 Å². The van der Waals surface area contributed by atoms with E-state index in [9.17, 15) is 4.79 Å². The Morgan fingerprint density at radius 2 is 1.74 bits per heavy atom. The Morgan fingerprint density at radius 1 is 1.06 bits per heavy atom. The predicted octanol–water partition coefficient (Wildman–Crippen LogP) is 5.66. The number of hydrogen-bond donors (Lipinski definition) is 1. The first kappa shape index (κ1) is 23.8. The fourth-order valence-electron chi connectivity index (χ4n) is 4.73. The molecule has 3 aromatic rings. The summed E-state index contributed by atoms with van der Waals surface area (Å²) in [5, 5.41) is 4.71. The first-order chi connectivity index (χ1) is 16.1. The van der Waals surface area contributed by atoms with E-state index < -0.39 is 5.60 Å². The van der Waals surface area contributed by atoms with E-state index in [1.807, 2.05) is 46.0 Å². The Labute approximate surface area is 201 Å². The Morgan fingerprint density at radius 3 is 2.41 bits per heavy atom. The van der Waals surface area contributed by atoms with Gasteiger partial charge in [0.25, 0.3) is 0 Å². The van der Waals surface area contributed by atoms with Crippen LogP contribution in [0.3, 0.4) is 0 Å². The summed E-state index contributed by atoms with van der Waals surface area (Å²) in [5.41, 5.74) is 5.27. The molecule has 1 heterocycles. The second kappa shape index (κ2) is 9.12. The van der Waals surface area contributed by atoms with Gasteiger partial charge in [-0.1, -0.05) is 6.07 Å². The summed E-state index contributed by atoms with van der Waals surface area (Å²) in [6, 6.07) is 12.4. The van der Waals surface area contributed by atoms with Crippen molar-refractivity contribution >= 4 is 28.4 Å². The van der Waals surface area contributed by atoms with Crippen LogP contribution in [0.4, 0.5) is 16.2 Å². The van der Waals surface area contributed by atoms with Crippen LogP contribution in [-0.2, 0) is 24.6 Å². The standard InChI is InChI=1S/C27H35N3O4/c1-27(2,3)34-26(31)29(4)19-10-12-22-21(16-19)20-11-8-17(14-23(20)30(22)5)28-18-9-13-24(32-6)25(15-18)33-7/h8-9,11,13-15,19,28H,10,12,16H2,1-7H3. The van der Waals surface area contributed by atoms with Gasteiger partial charge in [-0.2, -0.15) is 0 Å². The Hall–Kier alpha value is -3.35. The summed E-state index contributed by atoms with van der Waals surface area (Å²) in [7, 11) is 7.24. The monoisotopic (exact) mass is 465 g/mol. The number of fused-ring (bicyclic) bond motifs is 3. The summed E-state index contributed by atoms with van der Waals surface area (Å²) in [6.45, 7) is 5.70. The molecule has 1 aromatic heterocycles. The first-order valence-corrected chi connectivity index (χ1v) is 11.7. The van der Waals surface area contributed by atoms with E-state index in [0.717, 1.165) is 30.6 Å². The van der Waals surface area contributed by atoms with E-state index >= 15 is 0 Å². The molecule has 2 aromatic carbocycles. The molecule has 0 saturated heterocycles. The van der Waals surface area contributed by atoms with Crippen molar-refractivity contribution < 1.29 is 19.0 Å². The number of carbonyl (C=O) groups excluding carboxylic acids is 1. The topological polar surface area (TPSA) is 65.0 Å². The van der Waals surface area contributed by atoms with Crippen LogP contribution in [0.1, 0.15) is 38.4 Å². The number of methoxy groups -OCH3 is 2. The molecule has 1 unspecified atom stereocenters. The summed E-state index contributed by atoms with van der Waals surface area (Å²) in [6.07, 6.45) is 2.41. The Balaban J connectivity index is 1.58. The van der Waals surface area contributed by atoms with Gasteiger partial charge in [-0.3, -0.25) is 0 Å². The highest BCUT2D eigenvalue weighted by molar-refractivity contribution is 5.89. The number of benzene rings is 2. The molecule has 1 N–H and O–H groups in total. The number of hydrogen-bond acceptors (Lipinski definition) is 5. The lowest BCUT2D eigenvalue weighted by atomic mass is 9.90. The van der Waals surface area contributed by atoms with Crippen molar-refractivity contribution in [1.29, 1.82) is 0 Å². The third-order valence-corrected chi connectivity index (χ3v) is 6.49. The maximum absolute atomic E-state index is 12.6. The molecule has 1 amide bonds. The van der Waals surface area contributed by atoms with Crippen LogP contribution in [-0.4, -0.2) is 48.5 Å². The Bertz CT molecular complexity index is 1210. The second-order valence-corrected chi connectivity index (χ2v) is 9.90. The molecule has 0 aliphatic heterocycles. The quantitative estimate of drug-likeness (QED) is 0.526. The number of amides is 1. The van der Waals surface area contributed by atoms with Gasteiger partial charge in [0.15, 0.2) is 11.5 Å². The molecule has 0 spiro atoms. The zero-order valence-electron chi connectivity index (χ0n) is 21.2. The van der Waals surface area contributed by atoms with Crippen LogP contribution in [0.15, 0.2) is 36.4 Å². The van der Waals surface area contributed by atoms with Gasteiger partial charge >= 0.3 is 6.09 Å². The maximum Gasteiger partial charge on any atom is 0.410 e. The average Bonchev–Trinajstić information content (AvgIpc) is 3.08. The minimum absolute atomic E-state index is 0.123. The number of anilines is 2. The molecule has 7 heteroatoms. The minimum Gasteiger partial charge on any atom is -0.493 e. The van der Waals surface area contributed by atoms with Crippen molar-refractivity contribution in [3.63, 3.8) is 0 Å². The number of likely N-dealkylation sites (N-methyl/N-ethyl adjacent to an activating group) is 1.